The molecule has 1 aliphatic heterocycles. The lowest BCUT2D eigenvalue weighted by atomic mass is 9.48. The maximum Gasteiger partial charge on any atom is 0.335 e. The highest BCUT2D eigenvalue weighted by molar-refractivity contribution is 5.87. The van der Waals surface area contributed by atoms with Crippen LogP contribution in [0.4, 0.5) is 5.82 Å². The largest absolute Gasteiger partial charge is 0.478 e. The molecule has 8 rings (SSSR count). The van der Waals surface area contributed by atoms with Gasteiger partial charge in [0.25, 0.3) is 0 Å². The first kappa shape index (κ1) is 23.7. The summed E-state index contributed by atoms with van der Waals surface area (Å²) in [5.41, 5.74) is 2.88. The van der Waals surface area contributed by atoms with Gasteiger partial charge in [0.05, 0.1) is 11.3 Å². The Balaban J connectivity index is 1.18. The summed E-state index contributed by atoms with van der Waals surface area (Å²) in [5, 5.41) is 14.8. The molecule has 6 aliphatic rings. The number of nitrogens with one attached hydrogen (secondary N) is 2. The van der Waals surface area contributed by atoms with E-state index in [9.17, 15) is 9.90 Å². The molecule has 37 heavy (non-hydrogen) atoms. The predicted octanol–water partition coefficient (Wildman–Crippen LogP) is 6.30. The molecule has 7 nitrogen and oxygen atoms in total. The van der Waals surface area contributed by atoms with Crippen molar-refractivity contribution in [3.63, 3.8) is 0 Å². The van der Waals surface area contributed by atoms with E-state index in [-0.39, 0.29) is 11.7 Å². The molecular weight excluding hydrogens is 464 g/mol. The zero-order valence-corrected chi connectivity index (χ0v) is 21.8. The number of carboxylic acid groups (broad SMARTS) is 1. The number of nitrogens with zero attached hydrogens (tertiary/aromatic N) is 2. The summed E-state index contributed by atoms with van der Waals surface area (Å²) in [6, 6.07) is 7.16. The minimum absolute atomic E-state index is 0.264. The van der Waals surface area contributed by atoms with Crippen molar-refractivity contribution < 1.29 is 14.7 Å². The number of anilines is 1. The molecule has 4 bridgehead atoms. The van der Waals surface area contributed by atoms with E-state index in [2.05, 4.69) is 10.3 Å². The molecular formula is C30H40N4O3. The number of rotatable bonds is 7. The van der Waals surface area contributed by atoms with Gasteiger partial charge in [0.2, 0.25) is 0 Å². The normalized spacial score (nSPS) is 33.4. The van der Waals surface area contributed by atoms with Crippen LogP contribution < -0.4 is 10.4 Å². The lowest BCUT2D eigenvalue weighted by molar-refractivity contribution is -0.0570. The highest BCUT2D eigenvalue weighted by atomic mass is 16.7. The van der Waals surface area contributed by atoms with Crippen molar-refractivity contribution in [2.24, 2.45) is 23.2 Å². The Morgan fingerprint density at radius 2 is 1.81 bits per heavy atom. The van der Waals surface area contributed by atoms with Gasteiger partial charge < -0.3 is 10.1 Å². The summed E-state index contributed by atoms with van der Waals surface area (Å²) in [7, 11) is 0. The average Bonchev–Trinajstić information content (AvgIpc) is 3.55. The molecule has 0 spiro atoms. The smallest absolute Gasteiger partial charge is 0.335 e. The summed E-state index contributed by atoms with van der Waals surface area (Å²) in [6.07, 6.45) is 16.9. The van der Waals surface area contributed by atoms with Crippen molar-refractivity contribution in [1.29, 1.82) is 0 Å². The van der Waals surface area contributed by atoms with Crippen LogP contribution in [-0.4, -0.2) is 27.8 Å². The van der Waals surface area contributed by atoms with Gasteiger partial charge in [-0.3, -0.25) is 10.2 Å². The van der Waals surface area contributed by atoms with Crippen molar-refractivity contribution in [2.75, 3.05) is 11.8 Å². The number of H-pyrrole nitrogens is 1. The predicted molar refractivity (Wildman–Crippen MR) is 141 cm³/mol. The molecule has 2 aromatic rings. The molecule has 198 valence electrons. The first-order chi connectivity index (χ1) is 18.1. The van der Waals surface area contributed by atoms with E-state index in [1.165, 1.54) is 82.7 Å². The molecule has 5 aliphatic carbocycles. The maximum absolute atomic E-state index is 11.6. The van der Waals surface area contributed by atoms with Gasteiger partial charge in [-0.05, 0) is 105 Å². The third-order valence-electron chi connectivity index (χ3n) is 10.2. The van der Waals surface area contributed by atoms with Crippen LogP contribution in [0.2, 0.25) is 0 Å². The molecule has 5 saturated carbocycles. The number of hydrogen-bond acceptors (Lipinski definition) is 5. The first-order valence-electron chi connectivity index (χ1n) is 14.6. The van der Waals surface area contributed by atoms with Crippen molar-refractivity contribution in [3.05, 3.63) is 46.9 Å². The number of aromatic amines is 1. The van der Waals surface area contributed by atoms with Crippen molar-refractivity contribution in [1.82, 2.24) is 15.3 Å². The van der Waals surface area contributed by atoms with E-state index in [4.69, 9.17) is 9.82 Å². The summed E-state index contributed by atoms with van der Waals surface area (Å²) < 4.78 is 0. The number of hydrogen-bond donors (Lipinski definition) is 3. The van der Waals surface area contributed by atoms with Crippen molar-refractivity contribution >= 4 is 11.8 Å². The minimum atomic E-state index is -0.914. The highest BCUT2D eigenvalue weighted by Gasteiger charge is 2.50. The van der Waals surface area contributed by atoms with E-state index in [0.29, 0.717) is 18.1 Å². The number of carbonyl (C=O) groups is 1. The number of aryl methyl sites for hydroxylation is 1. The Labute approximate surface area is 219 Å². The van der Waals surface area contributed by atoms with E-state index >= 15 is 0 Å². The first-order valence-corrected chi connectivity index (χ1v) is 14.6. The lowest BCUT2D eigenvalue weighted by Crippen LogP contribution is -2.46. The van der Waals surface area contributed by atoms with Crippen LogP contribution in [0, 0.1) is 23.2 Å². The zero-order chi connectivity index (χ0) is 25.0. The summed E-state index contributed by atoms with van der Waals surface area (Å²) in [4.78, 5) is 26.8. The van der Waals surface area contributed by atoms with E-state index in [1.54, 1.807) is 12.1 Å². The van der Waals surface area contributed by atoms with Crippen molar-refractivity contribution in [3.8, 4) is 0 Å². The second kappa shape index (κ2) is 9.42. The van der Waals surface area contributed by atoms with E-state index in [1.807, 2.05) is 17.2 Å². The Bertz CT molecular complexity index is 1120. The molecule has 1 aromatic heterocycles. The Kier molecular flexibility index (Phi) is 6.04. The Hall–Kier alpha value is -2.38. The van der Waals surface area contributed by atoms with Gasteiger partial charge in [-0.25, -0.2) is 14.8 Å². The quantitative estimate of drug-likeness (QED) is 0.410. The monoisotopic (exact) mass is 504 g/mol. The SMILES string of the molecule is O=C(O)c1cccc(C2NCON2c2nc(C3CCCCC3)[nH]c2CCC23CC4CC(CC(C4)C2)C3)c1. The van der Waals surface area contributed by atoms with Gasteiger partial charge in [0.15, 0.2) is 5.82 Å². The Morgan fingerprint density at radius 1 is 1.08 bits per heavy atom. The second-order valence-corrected chi connectivity index (χ2v) is 12.8. The molecule has 1 unspecified atom stereocenters. The molecule has 1 aromatic carbocycles. The molecule has 3 N–H and O–H groups in total. The Morgan fingerprint density at radius 3 is 2.51 bits per heavy atom. The van der Waals surface area contributed by atoms with Gasteiger partial charge in [-0.2, -0.15) is 0 Å². The van der Waals surface area contributed by atoms with Crippen LogP contribution in [0.15, 0.2) is 24.3 Å². The second-order valence-electron chi connectivity index (χ2n) is 12.8. The van der Waals surface area contributed by atoms with Crippen LogP contribution >= 0.6 is 0 Å². The number of aromatic nitrogens is 2. The van der Waals surface area contributed by atoms with Crippen LogP contribution in [0.3, 0.4) is 0 Å². The third kappa shape index (κ3) is 4.48. The maximum atomic E-state index is 11.6. The molecule has 0 radical (unpaired) electrons. The fourth-order valence-electron chi connectivity index (χ4n) is 8.95. The summed E-state index contributed by atoms with van der Waals surface area (Å²) in [6.45, 7) is 0.377. The number of hydroxylamine groups is 1. The fraction of sp³-hybridized carbons (Fsp3) is 0.667. The molecule has 2 heterocycles. The third-order valence-corrected chi connectivity index (χ3v) is 10.2. The van der Waals surface area contributed by atoms with Crippen LogP contribution in [-0.2, 0) is 11.3 Å². The molecule has 0 amide bonds. The number of benzene rings is 1. The van der Waals surface area contributed by atoms with Gasteiger partial charge in [0, 0.05) is 5.92 Å². The van der Waals surface area contributed by atoms with E-state index < -0.39 is 5.97 Å². The molecule has 6 fully saturated rings. The van der Waals surface area contributed by atoms with Crippen LogP contribution in [0.1, 0.15) is 117 Å². The fourth-order valence-corrected chi connectivity index (χ4v) is 8.95. The standard InChI is InChI=1S/C30H40N4O3/c35-29(36)24-8-4-7-23(14-24)27-31-18-37-34(27)28-25(32-26(33-28)22-5-2-1-3-6-22)9-10-30-15-19-11-20(16-30)13-21(12-19)17-30/h4,7-8,14,19-22,27,31H,1-3,5-6,9-13,15-18H2,(H,32,33)(H,35,36). The van der Waals surface area contributed by atoms with Gasteiger partial charge in [0.1, 0.15) is 18.7 Å². The van der Waals surface area contributed by atoms with Gasteiger partial charge in [-0.15, -0.1) is 0 Å². The van der Waals surface area contributed by atoms with Crippen LogP contribution in [0.5, 0.6) is 0 Å². The molecule has 1 saturated heterocycles. The number of aromatic carboxylic acids is 1. The molecule has 7 heteroatoms. The highest BCUT2D eigenvalue weighted by Crippen LogP contribution is 2.61. The number of imidazole rings is 1. The summed E-state index contributed by atoms with van der Waals surface area (Å²) in [5.74, 6) is 4.46. The minimum Gasteiger partial charge on any atom is -0.478 e. The van der Waals surface area contributed by atoms with Crippen molar-refractivity contribution in [2.45, 2.75) is 95.6 Å². The topological polar surface area (TPSA) is 90.5 Å². The average molecular weight is 505 g/mol. The van der Waals surface area contributed by atoms with Gasteiger partial charge in [-0.1, -0.05) is 31.4 Å². The zero-order valence-electron chi connectivity index (χ0n) is 21.8. The lowest BCUT2D eigenvalue weighted by Gasteiger charge is -2.57. The van der Waals surface area contributed by atoms with Crippen LogP contribution in [0.25, 0.3) is 0 Å². The number of carboxylic acids is 1. The van der Waals surface area contributed by atoms with Gasteiger partial charge >= 0.3 is 5.97 Å². The van der Waals surface area contributed by atoms with E-state index in [0.717, 1.165) is 41.4 Å². The summed E-state index contributed by atoms with van der Waals surface area (Å²) >= 11 is 0. The molecule has 1 atom stereocenters.